The Morgan fingerprint density at radius 3 is 2.45 bits per heavy atom. The SMILES string of the molecule is O=CO.O=CO.c1cc(-c2nccn2[C@@H]2CCCN3CCC[C@H]23)c2cc[nH]c2c1. The maximum absolute atomic E-state index is 8.36. The van der Waals surface area contributed by atoms with Gasteiger partial charge in [0.25, 0.3) is 12.9 Å². The Morgan fingerprint density at radius 2 is 1.72 bits per heavy atom. The monoisotopic (exact) mass is 398 g/mol. The molecule has 29 heavy (non-hydrogen) atoms. The number of benzene rings is 1. The number of carboxylic acid groups (broad SMARTS) is 2. The lowest BCUT2D eigenvalue weighted by Gasteiger charge is -2.38. The van der Waals surface area contributed by atoms with Crippen molar-refractivity contribution in [2.45, 2.75) is 37.8 Å². The minimum atomic E-state index is -0.250. The third-order valence-electron chi connectivity index (χ3n) is 5.67. The predicted molar refractivity (Wildman–Crippen MR) is 110 cm³/mol. The van der Waals surface area contributed by atoms with Crippen molar-refractivity contribution in [3.8, 4) is 11.4 Å². The fourth-order valence-corrected chi connectivity index (χ4v) is 4.66. The highest BCUT2D eigenvalue weighted by molar-refractivity contribution is 5.93. The van der Waals surface area contributed by atoms with Gasteiger partial charge in [-0.2, -0.15) is 0 Å². The molecular formula is C21H26N4O4. The van der Waals surface area contributed by atoms with Gasteiger partial charge in [-0.15, -0.1) is 0 Å². The Balaban J connectivity index is 0.000000361. The average Bonchev–Trinajstić information content (AvgIpc) is 3.47. The van der Waals surface area contributed by atoms with Crippen LogP contribution in [-0.2, 0) is 9.59 Å². The van der Waals surface area contributed by atoms with Crippen LogP contribution in [0.25, 0.3) is 22.3 Å². The highest BCUT2D eigenvalue weighted by Crippen LogP contribution is 2.38. The number of hydrogen-bond acceptors (Lipinski definition) is 4. The van der Waals surface area contributed by atoms with E-state index in [2.05, 4.69) is 44.9 Å². The molecule has 8 heteroatoms. The number of aromatic amines is 1. The Kier molecular flexibility index (Phi) is 7.02. The average molecular weight is 398 g/mol. The minimum Gasteiger partial charge on any atom is -0.483 e. The number of piperidine rings is 1. The maximum Gasteiger partial charge on any atom is 0.290 e. The van der Waals surface area contributed by atoms with Gasteiger partial charge >= 0.3 is 0 Å². The van der Waals surface area contributed by atoms with Crippen molar-refractivity contribution in [1.29, 1.82) is 0 Å². The normalized spacial score (nSPS) is 20.7. The van der Waals surface area contributed by atoms with E-state index in [-0.39, 0.29) is 12.9 Å². The summed E-state index contributed by atoms with van der Waals surface area (Å²) < 4.78 is 2.45. The molecule has 2 aromatic heterocycles. The van der Waals surface area contributed by atoms with Crippen molar-refractivity contribution in [3.05, 3.63) is 42.9 Å². The molecule has 0 aliphatic carbocycles. The molecular weight excluding hydrogens is 372 g/mol. The van der Waals surface area contributed by atoms with Crippen LogP contribution in [0, 0.1) is 0 Å². The number of fused-ring (bicyclic) bond motifs is 2. The summed E-state index contributed by atoms with van der Waals surface area (Å²) in [5, 5.41) is 15.0. The molecule has 2 aliphatic heterocycles. The topological polar surface area (TPSA) is 111 Å². The van der Waals surface area contributed by atoms with Gasteiger partial charge in [-0.25, -0.2) is 4.98 Å². The first-order chi connectivity index (χ1) is 14.2. The highest BCUT2D eigenvalue weighted by Gasteiger charge is 2.36. The maximum atomic E-state index is 8.36. The minimum absolute atomic E-state index is 0.250. The fourth-order valence-electron chi connectivity index (χ4n) is 4.66. The summed E-state index contributed by atoms with van der Waals surface area (Å²) >= 11 is 0. The van der Waals surface area contributed by atoms with Crippen LogP contribution in [0.4, 0.5) is 0 Å². The second-order valence-electron chi connectivity index (χ2n) is 7.07. The molecule has 2 fully saturated rings. The van der Waals surface area contributed by atoms with E-state index in [4.69, 9.17) is 24.8 Å². The van der Waals surface area contributed by atoms with E-state index in [0.29, 0.717) is 12.1 Å². The van der Waals surface area contributed by atoms with Gasteiger partial charge in [-0.3, -0.25) is 14.5 Å². The van der Waals surface area contributed by atoms with Gasteiger partial charge in [-0.1, -0.05) is 12.1 Å². The van der Waals surface area contributed by atoms with E-state index in [1.165, 1.54) is 55.2 Å². The molecule has 2 aliphatic rings. The van der Waals surface area contributed by atoms with Gasteiger partial charge in [0.1, 0.15) is 5.82 Å². The summed E-state index contributed by atoms with van der Waals surface area (Å²) in [5.41, 5.74) is 2.42. The van der Waals surface area contributed by atoms with Crippen LogP contribution in [0.5, 0.6) is 0 Å². The Labute approximate surface area is 168 Å². The molecule has 3 aromatic rings. The lowest BCUT2D eigenvalue weighted by Crippen LogP contribution is -2.41. The van der Waals surface area contributed by atoms with Gasteiger partial charge in [0.2, 0.25) is 0 Å². The van der Waals surface area contributed by atoms with E-state index in [1.54, 1.807) is 0 Å². The molecule has 2 saturated heterocycles. The molecule has 0 amide bonds. The standard InChI is InChI=1S/C19H22N4.2CH2O2/c1-4-15(14-8-9-20-16(14)5-1)19-21-10-13-23(19)18-7-3-12-22-11-2-6-17(18)22;2*2-1-3/h1,4-5,8-10,13,17-18,20H,2-3,6-7,11-12H2;2*1H,(H,2,3)/t17-,18-;;/m1../s1. The number of H-pyrrole nitrogens is 1. The quantitative estimate of drug-likeness (QED) is 0.572. The summed E-state index contributed by atoms with van der Waals surface area (Å²) in [4.78, 5) is 27.5. The number of hydrogen-bond donors (Lipinski definition) is 3. The van der Waals surface area contributed by atoms with E-state index in [9.17, 15) is 0 Å². The van der Waals surface area contributed by atoms with Crippen molar-refractivity contribution in [2.24, 2.45) is 0 Å². The van der Waals surface area contributed by atoms with Gasteiger partial charge < -0.3 is 19.8 Å². The number of nitrogens with one attached hydrogen (secondary N) is 1. The lowest BCUT2D eigenvalue weighted by molar-refractivity contribution is -0.123. The van der Waals surface area contributed by atoms with Crippen LogP contribution in [0.15, 0.2) is 42.9 Å². The number of nitrogens with zero attached hydrogens (tertiary/aromatic N) is 3. The third-order valence-corrected chi connectivity index (χ3v) is 5.67. The summed E-state index contributed by atoms with van der Waals surface area (Å²) in [6.07, 6.45) is 11.4. The second-order valence-corrected chi connectivity index (χ2v) is 7.07. The fraction of sp³-hybridized carbons (Fsp3) is 0.381. The van der Waals surface area contributed by atoms with Crippen LogP contribution in [0.1, 0.15) is 31.7 Å². The molecule has 2 atom stereocenters. The highest BCUT2D eigenvalue weighted by atomic mass is 16.3. The second kappa shape index (κ2) is 9.88. The number of aromatic nitrogens is 3. The summed E-state index contributed by atoms with van der Waals surface area (Å²) in [5.74, 6) is 1.12. The zero-order valence-corrected chi connectivity index (χ0v) is 16.1. The van der Waals surface area contributed by atoms with Crippen molar-refractivity contribution >= 4 is 23.8 Å². The van der Waals surface area contributed by atoms with Crippen molar-refractivity contribution < 1.29 is 19.8 Å². The Bertz CT molecular complexity index is 930. The predicted octanol–water partition coefficient (Wildman–Crippen LogP) is 3.23. The van der Waals surface area contributed by atoms with Crippen LogP contribution in [0.3, 0.4) is 0 Å². The van der Waals surface area contributed by atoms with Crippen LogP contribution < -0.4 is 0 Å². The van der Waals surface area contributed by atoms with Gasteiger partial charge in [0, 0.05) is 41.1 Å². The first-order valence-corrected chi connectivity index (χ1v) is 9.74. The largest absolute Gasteiger partial charge is 0.483 e. The molecule has 4 heterocycles. The molecule has 0 radical (unpaired) electrons. The number of imidazole rings is 1. The zero-order chi connectivity index (χ0) is 20.6. The van der Waals surface area contributed by atoms with Crippen LogP contribution in [-0.4, -0.2) is 61.7 Å². The molecule has 8 nitrogen and oxygen atoms in total. The van der Waals surface area contributed by atoms with Gasteiger partial charge in [-0.05, 0) is 50.9 Å². The lowest BCUT2D eigenvalue weighted by atomic mass is 9.95. The van der Waals surface area contributed by atoms with Crippen molar-refractivity contribution in [3.63, 3.8) is 0 Å². The third kappa shape index (κ3) is 4.32. The molecule has 0 unspecified atom stereocenters. The summed E-state index contributed by atoms with van der Waals surface area (Å²) in [6.45, 7) is 2.05. The molecule has 3 N–H and O–H groups in total. The first kappa shape index (κ1) is 20.6. The zero-order valence-electron chi connectivity index (χ0n) is 16.1. The molecule has 0 spiro atoms. The van der Waals surface area contributed by atoms with E-state index in [0.717, 1.165) is 5.82 Å². The molecule has 0 saturated carbocycles. The smallest absolute Gasteiger partial charge is 0.290 e. The van der Waals surface area contributed by atoms with E-state index < -0.39 is 0 Å². The Morgan fingerprint density at radius 1 is 1.03 bits per heavy atom. The van der Waals surface area contributed by atoms with Gasteiger partial charge in [0.15, 0.2) is 0 Å². The molecule has 1 aromatic carbocycles. The van der Waals surface area contributed by atoms with Gasteiger partial charge in [0.05, 0.1) is 6.04 Å². The molecule has 154 valence electrons. The van der Waals surface area contributed by atoms with Crippen molar-refractivity contribution in [1.82, 2.24) is 19.4 Å². The van der Waals surface area contributed by atoms with Crippen LogP contribution in [0.2, 0.25) is 0 Å². The number of rotatable bonds is 2. The number of carbonyl (C=O) groups is 2. The molecule has 5 rings (SSSR count). The van der Waals surface area contributed by atoms with E-state index >= 15 is 0 Å². The molecule has 0 bridgehead atoms. The van der Waals surface area contributed by atoms with Crippen molar-refractivity contribution in [2.75, 3.05) is 13.1 Å². The Hall–Kier alpha value is -3.13. The summed E-state index contributed by atoms with van der Waals surface area (Å²) in [6, 6.07) is 9.87. The van der Waals surface area contributed by atoms with Crippen LogP contribution >= 0.6 is 0 Å². The van der Waals surface area contributed by atoms with E-state index in [1.807, 2.05) is 12.4 Å². The first-order valence-electron chi connectivity index (χ1n) is 9.74. The summed E-state index contributed by atoms with van der Waals surface area (Å²) in [7, 11) is 0.